The molecule has 30 rings (SSSR count). The van der Waals surface area contributed by atoms with E-state index in [2.05, 4.69) is 378 Å². The molecule has 8 heterocycles. The van der Waals surface area contributed by atoms with Gasteiger partial charge in [0, 0.05) is 104 Å². The van der Waals surface area contributed by atoms with Crippen LogP contribution in [0.3, 0.4) is 0 Å². The van der Waals surface area contributed by atoms with Crippen molar-refractivity contribution in [1.29, 1.82) is 0 Å². The fraction of sp³-hybridized carbons (Fsp3) is 0. The number of nitrogens with zero attached hydrogens (tertiary/aromatic N) is 9. The van der Waals surface area contributed by atoms with Crippen molar-refractivity contribution in [2.75, 3.05) is 0 Å². The van der Waals surface area contributed by atoms with Crippen LogP contribution in [-0.2, 0) is 0 Å². The highest BCUT2D eigenvalue weighted by molar-refractivity contribution is 6.42. The summed E-state index contributed by atoms with van der Waals surface area (Å²) in [5.41, 5.74) is 22.9. The van der Waals surface area contributed by atoms with Gasteiger partial charge in [-0.1, -0.05) is 297 Å². The Hall–Kier alpha value is -18.0. The third-order valence-electron chi connectivity index (χ3n) is 27.4. The molecule has 0 N–H and O–H groups in total. The van der Waals surface area contributed by atoms with Crippen LogP contribution in [-0.4, -0.2) is 43.6 Å². The van der Waals surface area contributed by atoms with Crippen LogP contribution < -0.4 is 0 Å². The maximum absolute atomic E-state index is 6.66. The summed E-state index contributed by atoms with van der Waals surface area (Å²) >= 11 is 0. The second kappa shape index (κ2) is 27.8. The molecule has 0 bridgehead atoms. The summed E-state index contributed by atoms with van der Waals surface area (Å²) in [5.74, 6) is 3.54. The average Bonchev–Trinajstić information content (AvgIpc) is 1.54. The molecule has 22 aromatic carbocycles. The Morgan fingerprint density at radius 3 is 0.773 bits per heavy atom. The number of hydrogen-bond donors (Lipinski definition) is 0. The summed E-state index contributed by atoms with van der Waals surface area (Å²) in [7, 11) is 0. The fourth-order valence-corrected chi connectivity index (χ4v) is 21.9. The van der Waals surface area contributed by atoms with E-state index in [4.69, 9.17) is 43.2 Å². The summed E-state index contributed by atoms with van der Waals surface area (Å²) in [6.45, 7) is 0. The van der Waals surface area contributed by atoms with Crippen LogP contribution in [0.2, 0.25) is 0 Å². The smallest absolute Gasteiger partial charge is 0.238 e. The lowest BCUT2D eigenvalue weighted by Crippen LogP contribution is -2.06. The first-order valence-electron chi connectivity index (χ1n) is 44.6. The maximum atomic E-state index is 6.66. The Kier molecular flexibility index (Phi) is 15.2. The van der Waals surface area contributed by atoms with Gasteiger partial charge in [-0.15, -0.1) is 0 Å². The molecular weight excluding hydrogens is 1620 g/mol. The summed E-state index contributed by atoms with van der Waals surface area (Å²) in [4.78, 5) is 31.6. The zero-order chi connectivity index (χ0) is 86.1. The molecule has 610 valence electrons. The maximum Gasteiger partial charge on any atom is 0.238 e. The molecule has 8 aromatic heterocycles. The van der Waals surface area contributed by atoms with Crippen LogP contribution in [0.5, 0.6) is 0 Å². The van der Waals surface area contributed by atoms with Crippen molar-refractivity contribution in [2.45, 2.75) is 0 Å². The first kappa shape index (κ1) is 72.2. The minimum Gasteiger partial charge on any atom is -0.456 e. The van der Waals surface area contributed by atoms with Gasteiger partial charge in [0.25, 0.3) is 0 Å². The zero-order valence-electron chi connectivity index (χ0n) is 70.4. The lowest BCUT2D eigenvalue weighted by atomic mass is 9.95. The summed E-state index contributed by atoms with van der Waals surface area (Å²) < 4.78 is 26.9. The molecule has 0 aliphatic carbocycles. The van der Waals surface area contributed by atoms with Gasteiger partial charge in [-0.25, -0.2) is 19.9 Å². The van der Waals surface area contributed by atoms with Crippen LogP contribution >= 0.6 is 0 Å². The van der Waals surface area contributed by atoms with Crippen molar-refractivity contribution in [3.63, 3.8) is 0 Å². The Balaban J connectivity index is 0.000000130. The summed E-state index contributed by atoms with van der Waals surface area (Å²) in [6.07, 6.45) is 0. The molecular formula is C120H67N9O3. The van der Waals surface area contributed by atoms with Crippen molar-refractivity contribution in [3.8, 4) is 96.5 Å². The van der Waals surface area contributed by atoms with Crippen molar-refractivity contribution < 1.29 is 13.3 Å². The van der Waals surface area contributed by atoms with Gasteiger partial charge in [-0.05, 0) is 196 Å². The summed E-state index contributed by atoms with van der Waals surface area (Å²) in [5, 5.41) is 28.1. The Labute approximate surface area is 750 Å². The number of aromatic nitrogens is 9. The first-order chi connectivity index (χ1) is 65.5. The van der Waals surface area contributed by atoms with E-state index in [9.17, 15) is 0 Å². The zero-order valence-corrected chi connectivity index (χ0v) is 70.4. The molecule has 0 aliphatic heterocycles. The van der Waals surface area contributed by atoms with Gasteiger partial charge in [0.1, 0.15) is 33.5 Å². The minimum absolute atomic E-state index is 0.537. The van der Waals surface area contributed by atoms with Crippen LogP contribution in [0.25, 0.3) is 292 Å². The molecule has 0 radical (unpaired) electrons. The Bertz CT molecular complexity index is 10100. The Morgan fingerprint density at radius 1 is 0.144 bits per heavy atom. The van der Waals surface area contributed by atoms with Crippen molar-refractivity contribution in [1.82, 2.24) is 43.6 Å². The second-order valence-corrected chi connectivity index (χ2v) is 34.5. The SMILES string of the molecule is c1ccc(-c2cccc(-c3cccc(-c4nc(-c5ccccc5)nc(-c5cccc(-n6c7cccc8c9ccccc9c9cccc%10oc%11ccc6c(c%11c%109)c87)c5)n4)c3)c2)cc1.c1ccc(-c2nc(-c3cccc(-n4c5cccc6c7ccccc7c7cccc8oc9ccc4c(c9c87)c65)c3)nc(-n3c4cccc5c6ccccc6c6cccc7oc8ccc3c(c8c76)c54)n2)cc1. The molecule has 0 unspecified atom stereocenters. The normalized spacial score (nSPS) is 12.2. The number of rotatable bonds is 10. The van der Waals surface area contributed by atoms with E-state index in [1.807, 2.05) is 42.5 Å². The van der Waals surface area contributed by atoms with Gasteiger partial charge in [0.2, 0.25) is 5.95 Å². The predicted molar refractivity (Wildman–Crippen MR) is 541 cm³/mol. The molecule has 0 amide bonds. The standard InChI is InChI=1S/C63H33N5O2.C57H34N4O/c1-2-13-34(14-3-1)61-64-62(66-63(65-61)68-46-26-10-22-42-38-18-5-7-20-40(38)44-24-12-28-50-56(44)60-52(70-50)32-30-48(68)58(60)54(42)46)35-15-8-16-36(33-35)67-45-25-9-21-41-37-17-4-6-19-39(37)43-23-11-27-49-55(43)59-51(69-49)31-29-47(67)57(59)53(41)45;1-3-14-35(15-4-1)37-18-9-19-38(32-37)39-20-10-21-40(33-39)56-58-55(36-16-5-2-6-17-36)59-57(60-56)41-22-11-23-42(34-41)61-47-28-12-26-45-43-24-7-8-25-44(43)46-27-13-29-49-52(46)54-50(62-49)31-30-48(61)53(54)51(45)47/h1-33H;1-34H. The molecule has 0 atom stereocenters. The lowest BCUT2D eigenvalue weighted by molar-refractivity contribution is 0.669. The average molecular weight is 1680 g/mol. The van der Waals surface area contributed by atoms with E-state index in [1.165, 1.54) is 86.5 Å². The van der Waals surface area contributed by atoms with Gasteiger partial charge in [-0.2, -0.15) is 9.97 Å². The molecule has 30 aromatic rings. The van der Waals surface area contributed by atoms with E-state index in [0.717, 1.165) is 171 Å². The van der Waals surface area contributed by atoms with E-state index in [0.29, 0.717) is 35.1 Å². The van der Waals surface area contributed by atoms with Crippen LogP contribution in [0.1, 0.15) is 0 Å². The van der Waals surface area contributed by atoms with Gasteiger partial charge in [0.05, 0.1) is 33.1 Å². The second-order valence-electron chi connectivity index (χ2n) is 34.5. The largest absolute Gasteiger partial charge is 0.456 e. The minimum atomic E-state index is 0.537. The lowest BCUT2D eigenvalue weighted by Gasteiger charge is -2.13. The van der Waals surface area contributed by atoms with Gasteiger partial charge in [-0.3, -0.25) is 4.57 Å². The van der Waals surface area contributed by atoms with Crippen LogP contribution in [0.15, 0.2) is 420 Å². The molecule has 0 saturated carbocycles. The van der Waals surface area contributed by atoms with Crippen LogP contribution in [0.4, 0.5) is 0 Å². The molecule has 12 heteroatoms. The molecule has 132 heavy (non-hydrogen) atoms. The fourth-order valence-electron chi connectivity index (χ4n) is 21.9. The molecule has 0 spiro atoms. The Morgan fingerprint density at radius 2 is 0.386 bits per heavy atom. The van der Waals surface area contributed by atoms with Crippen molar-refractivity contribution >= 4 is 196 Å². The van der Waals surface area contributed by atoms with E-state index in [-0.39, 0.29) is 0 Å². The number of furan rings is 3. The monoisotopic (exact) mass is 1680 g/mol. The number of fused-ring (bicyclic) bond motifs is 9. The van der Waals surface area contributed by atoms with Crippen LogP contribution in [0, 0.1) is 0 Å². The number of benzene rings is 19. The molecule has 0 saturated heterocycles. The van der Waals surface area contributed by atoms with Gasteiger partial charge >= 0.3 is 0 Å². The highest BCUT2D eigenvalue weighted by atomic mass is 16.3. The predicted octanol–water partition coefficient (Wildman–Crippen LogP) is 31.6. The topological polar surface area (TPSA) is 132 Å². The van der Waals surface area contributed by atoms with E-state index >= 15 is 0 Å². The molecule has 0 fully saturated rings. The van der Waals surface area contributed by atoms with Gasteiger partial charge < -0.3 is 22.4 Å². The third-order valence-corrected chi connectivity index (χ3v) is 27.4. The highest BCUT2D eigenvalue weighted by Gasteiger charge is 2.30. The van der Waals surface area contributed by atoms with Gasteiger partial charge in [0.15, 0.2) is 29.1 Å². The van der Waals surface area contributed by atoms with Crippen molar-refractivity contribution in [2.24, 2.45) is 0 Å². The highest BCUT2D eigenvalue weighted by Crippen LogP contribution is 2.53. The number of hydrogen-bond acceptors (Lipinski definition) is 9. The first-order valence-corrected chi connectivity index (χ1v) is 44.6. The van der Waals surface area contributed by atoms with Crippen molar-refractivity contribution in [3.05, 3.63) is 406 Å². The molecule has 0 aliphatic rings. The third kappa shape index (κ3) is 10.5. The quantitative estimate of drug-likeness (QED) is 0.131. The van der Waals surface area contributed by atoms with E-state index < -0.39 is 0 Å². The summed E-state index contributed by atoms with van der Waals surface area (Å²) in [6, 6.07) is 144. The van der Waals surface area contributed by atoms with E-state index in [1.54, 1.807) is 0 Å². The molecule has 12 nitrogen and oxygen atoms in total.